The van der Waals surface area contributed by atoms with Gasteiger partial charge in [0.1, 0.15) is 17.3 Å². The lowest BCUT2D eigenvalue weighted by Crippen LogP contribution is -2.12. The maximum atomic E-state index is 10.3. The second-order valence-corrected chi connectivity index (χ2v) is 51.2. The number of ketones is 3. The van der Waals surface area contributed by atoms with Crippen LogP contribution in [-0.4, -0.2) is 65.1 Å². The van der Waals surface area contributed by atoms with E-state index in [1.807, 2.05) is 66.4 Å². The normalized spacial score (nSPS) is 12.3. The van der Waals surface area contributed by atoms with Gasteiger partial charge in [-0.2, -0.15) is 11.8 Å². The van der Waals surface area contributed by atoms with E-state index in [1.54, 1.807) is 33.3 Å². The summed E-state index contributed by atoms with van der Waals surface area (Å²) in [5, 5.41) is 8.63. The number of aryl methyl sites for hydroxylation is 1. The van der Waals surface area contributed by atoms with Crippen LogP contribution in [0.5, 0.6) is 0 Å². The number of nitrogens with two attached hydrogens (primary N) is 2. The van der Waals surface area contributed by atoms with Crippen LogP contribution >= 0.6 is 11.8 Å². The van der Waals surface area contributed by atoms with Gasteiger partial charge >= 0.3 is 0 Å². The molecule has 5 N–H and O–H groups in total. The molecule has 9 nitrogen and oxygen atoms in total. The summed E-state index contributed by atoms with van der Waals surface area (Å²) in [6, 6.07) is 28.2. The lowest BCUT2D eigenvalue weighted by Gasteiger charge is -2.11. The van der Waals surface area contributed by atoms with Gasteiger partial charge < -0.3 is 31.0 Å². The fourth-order valence-corrected chi connectivity index (χ4v) is 12.9. The van der Waals surface area contributed by atoms with Gasteiger partial charge in [0.15, 0.2) is 0 Å². The average molecular weight is 2070 g/mol. The fourth-order valence-electron chi connectivity index (χ4n) is 12.1. The molecule has 3 aromatic carbocycles. The quantitative estimate of drug-likeness (QED) is 0.0292. The third-order valence-electron chi connectivity index (χ3n) is 23.2. The van der Waals surface area contributed by atoms with E-state index in [9.17, 15) is 19.2 Å². The molecule has 6 rings (SSSR count). The van der Waals surface area contributed by atoms with Crippen LogP contribution in [0.15, 0.2) is 107 Å². The zero-order valence-corrected chi connectivity index (χ0v) is 110. The Morgan fingerprint density at radius 3 is 1.01 bits per heavy atom. The Labute approximate surface area is 924 Å². The SMILES string of the molecule is CC(=O)CC(C)C.CC(=O)CCC(C)C.CC(=O)CCC(C)C.CC(C)C.CC(C)C(C)C.CC(C)C1CCCC1.CC(C)CC(C)C.CC(C)CC(N)=O.CC(C)CC1=CCC=N1.CC(C)CC1=CCc2ccccc21.CC(C)Cc1ccccc1.CC(C)[C@@H](C)O.CC(N)=NCCCC(C)C.CCC(C)C.CCC(C)C.CCCCCC(C)C.CC[C@@H](C)C(C)C.CSCCC(C)C.Cc1ccc(CC(C)C)cc1. The topological polar surface area (TPSA) is 165 Å². The Kier molecular flexibility index (Phi) is 137. The van der Waals surface area contributed by atoms with Crippen LogP contribution in [0.3, 0.4) is 0 Å². The average Bonchev–Trinajstić information content (AvgIpc) is 1.69. The third kappa shape index (κ3) is 175. The van der Waals surface area contributed by atoms with E-state index >= 15 is 0 Å². The molecule has 1 aliphatic heterocycles. The van der Waals surface area contributed by atoms with Crippen LogP contribution in [0, 0.1) is 143 Å². The maximum Gasteiger partial charge on any atom is 0.217 e. The van der Waals surface area contributed by atoms with E-state index in [0.717, 1.165) is 171 Å². The number of amides is 1. The first-order chi connectivity index (χ1) is 67.4. The second-order valence-electron chi connectivity index (χ2n) is 50.2. The fraction of sp³-hybridized carbons (Fsp3) is 0.794. The number of rotatable bonds is 38. The van der Waals surface area contributed by atoms with Gasteiger partial charge in [0.25, 0.3) is 0 Å². The Balaban J connectivity index is -0.000000117. The number of aliphatic hydroxyl groups excluding tert-OH is 1. The number of amidine groups is 1. The molecule has 0 spiro atoms. The number of Topliss-reactive ketones (excluding diaryl/α,β-unsaturated/α-hetero) is 3. The summed E-state index contributed by atoms with van der Waals surface area (Å²) in [4.78, 5) is 49.3. The molecule has 1 heterocycles. The molecular formula is C136H268N4O5S. The summed E-state index contributed by atoms with van der Waals surface area (Å²) in [6.07, 6.45) is 40.9. The highest BCUT2D eigenvalue weighted by atomic mass is 32.2. The minimum absolute atomic E-state index is 0.148. The number of hydrogen-bond acceptors (Lipinski definition) is 8. The van der Waals surface area contributed by atoms with Crippen LogP contribution in [-0.2, 0) is 38.4 Å². The predicted molar refractivity (Wildman–Crippen MR) is 677 cm³/mol. The summed E-state index contributed by atoms with van der Waals surface area (Å²) in [5.41, 5.74) is 20.2. The van der Waals surface area contributed by atoms with Gasteiger partial charge in [0.05, 0.1) is 11.9 Å². The van der Waals surface area contributed by atoms with E-state index in [2.05, 4.69) is 405 Å². The second kappa shape index (κ2) is 119. The summed E-state index contributed by atoms with van der Waals surface area (Å²) in [7, 11) is 0. The minimum Gasteiger partial charge on any atom is -0.393 e. The van der Waals surface area contributed by atoms with Crippen molar-refractivity contribution >= 4 is 52.6 Å². The number of primary amides is 1. The van der Waals surface area contributed by atoms with E-state index in [1.165, 1.54) is 148 Å². The molecule has 1 saturated carbocycles. The number of aliphatic imine (C=N–C) groups is 2. The van der Waals surface area contributed by atoms with Gasteiger partial charge in [-0.15, -0.1) is 0 Å². The monoisotopic (exact) mass is 2070 g/mol. The Morgan fingerprint density at radius 2 is 0.781 bits per heavy atom. The Bertz CT molecular complexity index is 3190. The lowest BCUT2D eigenvalue weighted by atomic mass is 9.95. The predicted octanol–water partition coefficient (Wildman–Crippen LogP) is 43.0. The smallest absolute Gasteiger partial charge is 0.217 e. The van der Waals surface area contributed by atoms with Crippen molar-refractivity contribution in [3.8, 4) is 0 Å². The Hall–Kier alpha value is -4.93. The number of carbonyl (C=O) groups is 4. The molecule has 10 heteroatoms. The Morgan fingerprint density at radius 1 is 0.404 bits per heavy atom. The van der Waals surface area contributed by atoms with E-state index in [0.29, 0.717) is 53.4 Å². The minimum atomic E-state index is -0.213. The van der Waals surface area contributed by atoms with Gasteiger partial charge in [-0.25, -0.2) is 0 Å². The van der Waals surface area contributed by atoms with E-state index < -0.39 is 0 Å². The molecule has 1 fully saturated rings. The molecule has 2 atom stereocenters. The van der Waals surface area contributed by atoms with Crippen molar-refractivity contribution in [3.63, 3.8) is 0 Å². The standard InChI is InChI=1S/C13H16.C11H16.C10H14.C8H18N2.C8H13N.C8H16.C8H18.2C7H14O.2C7H16.C6H12O.C6H14S.C6H14.C5H11NO.C5H12O.2C5H12.C4H10/c1-10(2)9-12-8-7-11-5-3-4-6-13(11)12;1-9(2)8-11-6-4-10(3)5-7-11;1-9(2)8-10-6-4-3-5-7-10;1-7(2)5-4-6-10-8(3)9;1-7(2)6-8-4-3-5-9-8;1-7(2)8-5-3-4-6-8;1-4-5-6-7-8(2)3;2*1-6(2)4-5-7(3)8;1-6(2)5-7(3)4;1-5-7(4)6(2)3;1-5(2)4-6(3)7;1-6(2)4-5-7-3;1-5(2)6(3)4;1-4(2)3-5(6)7;1-4(2)5(3)6;2*1-4-5(2)3;1-4(2)3/h3-6,8,10H,7,9H2,1-2H3;4-7,9H,8H2,1-3H3;3-7,9H,8H2,1-2H3;7H,4-6H2,1-3H3,(H2,9,10);4-5,7H,3,6H2,1-2H3;7-8H,3-6H2,1-2H3;8H,4-7H2,1-3H3;2*6H,4-5H2,1-3H3;2*6-7H,5H2,1-4H3;5H,4H2,1-3H3;6H,4-5H2,1-3H3;5-6H,1-4H3;4H,3H2,1-2H3,(H2,6,7);4-6H,1-3H3;2*5H,4H2,1-3H3;4H,1-3H3/t;;;;;;;;;;7-;;;;;5-;;;/m..........1....1.../s1. The molecule has 0 saturated heterocycles. The molecule has 2 aliphatic carbocycles. The number of fused-ring (bicyclic) bond motifs is 1. The summed E-state index contributed by atoms with van der Waals surface area (Å²) in [6.45, 7) is 117. The number of carbonyl (C=O) groups excluding carboxylic acids is 4. The largest absolute Gasteiger partial charge is 0.393 e. The number of unbranched alkanes of at least 4 members (excludes halogenated alkanes) is 2. The van der Waals surface area contributed by atoms with Crippen LogP contribution in [0.1, 0.15) is 549 Å². The first-order valence-corrected chi connectivity index (χ1v) is 61.0. The van der Waals surface area contributed by atoms with Gasteiger partial charge in [-0.3, -0.25) is 14.8 Å². The zero-order chi connectivity index (χ0) is 117. The molecule has 3 aliphatic rings. The number of thioether (sulfide) groups is 1. The van der Waals surface area contributed by atoms with E-state index in [-0.39, 0.29) is 17.8 Å². The molecule has 0 bridgehead atoms. The molecule has 868 valence electrons. The van der Waals surface area contributed by atoms with Crippen molar-refractivity contribution in [3.05, 3.63) is 125 Å². The molecule has 146 heavy (non-hydrogen) atoms. The van der Waals surface area contributed by atoms with Crippen LogP contribution in [0.25, 0.3) is 5.57 Å². The van der Waals surface area contributed by atoms with Crippen molar-refractivity contribution in [2.45, 2.75) is 553 Å². The highest BCUT2D eigenvalue weighted by Crippen LogP contribution is 2.32. The molecular weight excluding hydrogens is 1800 g/mol. The zero-order valence-electron chi connectivity index (χ0n) is 109. The molecule has 0 aromatic heterocycles. The summed E-state index contributed by atoms with van der Waals surface area (Å²) >= 11 is 1.93. The van der Waals surface area contributed by atoms with Crippen molar-refractivity contribution in [1.82, 2.24) is 0 Å². The van der Waals surface area contributed by atoms with Gasteiger partial charge in [-0.1, -0.05) is 500 Å². The van der Waals surface area contributed by atoms with Gasteiger partial charge in [0, 0.05) is 50.6 Å². The van der Waals surface area contributed by atoms with Crippen molar-refractivity contribution in [1.29, 1.82) is 0 Å². The molecule has 0 radical (unpaired) electrons. The first kappa shape index (κ1) is 169. The van der Waals surface area contributed by atoms with Crippen molar-refractivity contribution in [2.75, 3.05) is 18.6 Å². The molecule has 0 unspecified atom stereocenters. The van der Waals surface area contributed by atoms with Gasteiger partial charge in [0.2, 0.25) is 5.91 Å². The van der Waals surface area contributed by atoms with Crippen molar-refractivity contribution in [2.24, 2.45) is 158 Å². The highest BCUT2D eigenvalue weighted by Gasteiger charge is 2.18. The third-order valence-corrected chi connectivity index (χ3v) is 23.8. The molecule has 1 amide bonds. The van der Waals surface area contributed by atoms with Crippen molar-refractivity contribution < 1.29 is 24.3 Å². The van der Waals surface area contributed by atoms with E-state index in [4.69, 9.17) is 16.6 Å². The first-order valence-electron chi connectivity index (χ1n) is 59.7. The summed E-state index contributed by atoms with van der Waals surface area (Å²) in [5.74, 6) is 20.8. The lowest BCUT2D eigenvalue weighted by molar-refractivity contribution is -0.119. The van der Waals surface area contributed by atoms with Crippen LogP contribution in [0.4, 0.5) is 0 Å². The van der Waals surface area contributed by atoms with Crippen LogP contribution < -0.4 is 11.5 Å². The number of aliphatic hydroxyl groups is 1. The maximum absolute atomic E-state index is 10.3. The number of benzene rings is 3. The number of nitrogens with zero attached hydrogens (tertiary/aromatic N) is 2. The number of allylic oxidation sites excluding steroid dienone is 4. The highest BCUT2D eigenvalue weighted by molar-refractivity contribution is 7.98. The number of hydrogen-bond donors (Lipinski definition) is 3. The summed E-state index contributed by atoms with van der Waals surface area (Å²) < 4.78 is 0. The van der Waals surface area contributed by atoms with Crippen LogP contribution in [0.2, 0.25) is 0 Å². The van der Waals surface area contributed by atoms with Gasteiger partial charge in [-0.05, 0) is 288 Å². The molecule has 3 aromatic rings.